The molecule has 0 saturated heterocycles. The fourth-order valence-corrected chi connectivity index (χ4v) is 1.63. The third-order valence-corrected chi connectivity index (χ3v) is 2.61. The summed E-state index contributed by atoms with van der Waals surface area (Å²) in [6.45, 7) is 0. The maximum atomic E-state index is 9.60. The number of nitrogens with zero attached hydrogens (tertiary/aromatic N) is 2. The van der Waals surface area contributed by atoms with E-state index in [1.54, 1.807) is 6.07 Å². The van der Waals surface area contributed by atoms with Crippen LogP contribution in [0.25, 0.3) is 16.6 Å². The maximum Gasteiger partial charge on any atom is 0.165 e. The number of aromatic nitrogens is 2. The summed E-state index contributed by atoms with van der Waals surface area (Å²) in [4.78, 5) is 5.93. The van der Waals surface area contributed by atoms with Crippen LogP contribution in [-0.2, 0) is 0 Å². The molecule has 2 rings (SSSR count). The molecule has 0 aliphatic rings. The van der Waals surface area contributed by atoms with Gasteiger partial charge in [-0.2, -0.15) is 5.26 Å². The van der Waals surface area contributed by atoms with Crippen LogP contribution in [0.5, 0.6) is 0 Å². The van der Waals surface area contributed by atoms with Crippen molar-refractivity contribution in [3.63, 3.8) is 0 Å². The number of halogens is 2. The number of fused-ring (bicyclic) bond motifs is 1. The first-order valence-corrected chi connectivity index (χ1v) is 5.57. The van der Waals surface area contributed by atoms with E-state index in [1.807, 2.05) is 24.3 Å². The lowest BCUT2D eigenvalue weighted by atomic mass is 10.2. The number of nitrogens with one attached hydrogen (secondary N) is 1. The molecule has 0 unspecified atom stereocenters. The Kier molecular flexibility index (Phi) is 3.23. The predicted molar refractivity (Wildman–Crippen MR) is 66.7 cm³/mol. The lowest BCUT2D eigenvalue weighted by molar-refractivity contribution is 0.413. The predicted octanol–water partition coefficient (Wildman–Crippen LogP) is 3.16. The third kappa shape index (κ3) is 2.21. The van der Waals surface area contributed by atoms with Crippen LogP contribution in [0.4, 0.5) is 0 Å². The van der Waals surface area contributed by atoms with Crippen molar-refractivity contribution < 1.29 is 5.11 Å². The highest BCUT2D eigenvalue weighted by atomic mass is 35.5. The quantitative estimate of drug-likeness (QED) is 0.499. The molecule has 0 aliphatic heterocycles. The van der Waals surface area contributed by atoms with Crippen molar-refractivity contribution in [1.29, 1.82) is 5.26 Å². The van der Waals surface area contributed by atoms with Crippen molar-refractivity contribution >= 4 is 39.8 Å². The van der Waals surface area contributed by atoms with Gasteiger partial charge in [0.2, 0.25) is 0 Å². The molecule has 0 atom stereocenters. The number of aliphatic hydroxyl groups is 1. The number of aromatic amines is 1. The van der Waals surface area contributed by atoms with Crippen molar-refractivity contribution in [3.05, 3.63) is 35.8 Å². The second kappa shape index (κ2) is 4.66. The van der Waals surface area contributed by atoms with E-state index in [0.29, 0.717) is 5.52 Å². The van der Waals surface area contributed by atoms with E-state index in [4.69, 9.17) is 28.5 Å². The second-order valence-electron chi connectivity index (χ2n) is 3.28. The van der Waals surface area contributed by atoms with Gasteiger partial charge in [-0.3, -0.25) is 0 Å². The number of hydrogen-bond acceptors (Lipinski definition) is 3. The number of imidazole rings is 1. The average Bonchev–Trinajstić information content (AvgIpc) is 2.72. The number of alkyl halides is 2. The van der Waals surface area contributed by atoms with Gasteiger partial charge in [0.1, 0.15) is 17.4 Å². The summed E-state index contributed by atoms with van der Waals surface area (Å²) in [5, 5.41) is 18.6. The number of H-pyrrole nitrogens is 1. The van der Waals surface area contributed by atoms with E-state index in [1.165, 1.54) is 0 Å². The van der Waals surface area contributed by atoms with Gasteiger partial charge in [-0.25, -0.2) is 4.98 Å². The van der Waals surface area contributed by atoms with Crippen LogP contribution in [0.1, 0.15) is 5.82 Å². The molecule has 0 aliphatic carbocycles. The van der Waals surface area contributed by atoms with Gasteiger partial charge in [0.25, 0.3) is 0 Å². The minimum absolute atomic E-state index is 0.0591. The highest BCUT2D eigenvalue weighted by Gasteiger charge is 2.17. The van der Waals surface area contributed by atoms with Crippen LogP contribution < -0.4 is 0 Å². The van der Waals surface area contributed by atoms with Crippen molar-refractivity contribution in [1.82, 2.24) is 9.97 Å². The summed E-state index contributed by atoms with van der Waals surface area (Å²) in [6, 6.07) is 9.10. The summed E-state index contributed by atoms with van der Waals surface area (Å²) in [7, 11) is 0. The molecule has 0 bridgehead atoms. The van der Waals surface area contributed by atoms with Crippen molar-refractivity contribution in [2.24, 2.45) is 0 Å². The minimum Gasteiger partial charge on any atom is -0.508 e. The average molecular weight is 268 g/mol. The normalized spacial score (nSPS) is 12.6. The van der Waals surface area contributed by atoms with Gasteiger partial charge in [0, 0.05) is 0 Å². The molecule has 2 N–H and O–H groups in total. The van der Waals surface area contributed by atoms with Crippen LogP contribution in [-0.4, -0.2) is 19.9 Å². The molecule has 0 fully saturated rings. The fourth-order valence-electron chi connectivity index (χ4n) is 1.41. The Morgan fingerprint density at radius 1 is 1.41 bits per heavy atom. The summed E-state index contributed by atoms with van der Waals surface area (Å²) >= 11 is 11.0. The van der Waals surface area contributed by atoms with E-state index in [-0.39, 0.29) is 11.4 Å². The fraction of sp³-hybridized carbons (Fsp3) is 0.0909. The first kappa shape index (κ1) is 11.8. The van der Waals surface area contributed by atoms with Gasteiger partial charge in [0.15, 0.2) is 10.7 Å². The molecule has 0 saturated carbocycles. The van der Waals surface area contributed by atoms with Crippen LogP contribution in [0.15, 0.2) is 30.0 Å². The van der Waals surface area contributed by atoms with Crippen LogP contribution in [0.2, 0.25) is 0 Å². The number of nitriles is 1. The zero-order valence-electron chi connectivity index (χ0n) is 8.48. The SMILES string of the molecule is N#C/C(=C(/O)C(Cl)Cl)c1nc2ccccc2[nH]1. The van der Waals surface area contributed by atoms with E-state index in [9.17, 15) is 5.11 Å². The highest BCUT2D eigenvalue weighted by molar-refractivity contribution is 6.46. The third-order valence-electron chi connectivity index (χ3n) is 2.20. The number of aliphatic hydroxyl groups excluding tert-OH is 1. The molecular formula is C11H7Cl2N3O. The molecule has 1 heterocycles. The standard InChI is InChI=1S/C11H7Cl2N3O/c12-10(13)9(17)6(5-14)11-15-7-3-1-2-4-8(7)16-11/h1-4,10,17H,(H,15,16)/b9-6-. The Morgan fingerprint density at radius 2 is 2.12 bits per heavy atom. The van der Waals surface area contributed by atoms with E-state index < -0.39 is 10.6 Å². The molecule has 4 nitrogen and oxygen atoms in total. The Labute approximate surface area is 107 Å². The summed E-state index contributed by atoms with van der Waals surface area (Å²) < 4.78 is 0. The largest absolute Gasteiger partial charge is 0.508 e. The van der Waals surface area contributed by atoms with Crippen LogP contribution in [0.3, 0.4) is 0 Å². The molecular weight excluding hydrogens is 261 g/mol. The lowest BCUT2D eigenvalue weighted by Gasteiger charge is -2.01. The number of rotatable bonds is 2. The van der Waals surface area contributed by atoms with Gasteiger partial charge >= 0.3 is 0 Å². The lowest BCUT2D eigenvalue weighted by Crippen LogP contribution is -1.98. The summed E-state index contributed by atoms with van der Waals surface area (Å²) in [6.07, 6.45) is 0. The monoisotopic (exact) mass is 267 g/mol. The molecule has 1 aromatic carbocycles. The van der Waals surface area contributed by atoms with Crippen molar-refractivity contribution in [2.75, 3.05) is 0 Å². The highest BCUT2D eigenvalue weighted by Crippen LogP contribution is 2.23. The molecule has 17 heavy (non-hydrogen) atoms. The molecule has 1 aromatic heterocycles. The van der Waals surface area contributed by atoms with Gasteiger partial charge in [-0.1, -0.05) is 35.3 Å². The van der Waals surface area contributed by atoms with Gasteiger partial charge in [0.05, 0.1) is 11.0 Å². The first-order valence-electron chi connectivity index (χ1n) is 4.70. The molecule has 0 amide bonds. The zero-order chi connectivity index (χ0) is 12.4. The number of allylic oxidation sites excluding steroid dienone is 2. The smallest absolute Gasteiger partial charge is 0.165 e. The maximum absolute atomic E-state index is 9.60. The van der Waals surface area contributed by atoms with Gasteiger partial charge in [-0.05, 0) is 12.1 Å². The van der Waals surface area contributed by atoms with E-state index >= 15 is 0 Å². The molecule has 0 spiro atoms. The minimum atomic E-state index is -1.15. The van der Waals surface area contributed by atoms with Crippen molar-refractivity contribution in [2.45, 2.75) is 4.84 Å². The topological polar surface area (TPSA) is 72.7 Å². The van der Waals surface area contributed by atoms with Crippen molar-refractivity contribution in [3.8, 4) is 6.07 Å². The molecule has 86 valence electrons. The molecule has 2 aromatic rings. The Bertz CT molecular complexity index is 592. The number of hydrogen-bond donors (Lipinski definition) is 2. The Hall–Kier alpha value is -1.70. The van der Waals surface area contributed by atoms with Crippen LogP contribution >= 0.6 is 23.2 Å². The first-order chi connectivity index (χ1) is 8.13. The number of benzene rings is 1. The van der Waals surface area contributed by atoms with Gasteiger partial charge in [-0.15, -0.1) is 0 Å². The Morgan fingerprint density at radius 3 is 2.71 bits per heavy atom. The van der Waals surface area contributed by atoms with Crippen LogP contribution in [0, 0.1) is 11.3 Å². The Balaban J connectivity index is 2.60. The second-order valence-corrected chi connectivity index (χ2v) is 4.37. The molecule has 6 heteroatoms. The zero-order valence-corrected chi connectivity index (χ0v) is 10.00. The number of para-hydroxylation sites is 2. The summed E-state index contributed by atoms with van der Waals surface area (Å²) in [5.41, 5.74) is 1.41. The van der Waals surface area contributed by atoms with E-state index in [0.717, 1.165) is 5.52 Å². The van der Waals surface area contributed by atoms with Gasteiger partial charge < -0.3 is 10.1 Å². The molecule has 0 radical (unpaired) electrons. The summed E-state index contributed by atoms with van der Waals surface area (Å²) in [5.74, 6) is -0.160. The van der Waals surface area contributed by atoms with E-state index in [2.05, 4.69) is 9.97 Å².